The fourth-order valence-corrected chi connectivity index (χ4v) is 5.80. The Morgan fingerprint density at radius 1 is 1.58 bits per heavy atom. The molecule has 0 radical (unpaired) electrons. The fraction of sp³-hybridized carbons (Fsp3) is 0.583. The van der Waals surface area contributed by atoms with Crippen molar-refractivity contribution >= 4 is 31.7 Å². The van der Waals surface area contributed by atoms with Gasteiger partial charge in [0.05, 0.1) is 16.7 Å². The number of esters is 1. The molecule has 0 aromatic rings. The van der Waals surface area contributed by atoms with Gasteiger partial charge in [-0.3, -0.25) is 0 Å². The van der Waals surface area contributed by atoms with Crippen molar-refractivity contribution < 1.29 is 22.3 Å². The Balaban J connectivity index is 2.59. The Labute approximate surface area is 119 Å². The monoisotopic (exact) mass is 352 g/mol. The maximum atomic E-state index is 14.3. The molecule has 0 N–H and O–H groups in total. The predicted octanol–water partition coefficient (Wildman–Crippen LogP) is 2.05. The van der Waals surface area contributed by atoms with Crippen molar-refractivity contribution in [3.8, 4) is 0 Å². The molecule has 7 heteroatoms. The van der Waals surface area contributed by atoms with Crippen molar-refractivity contribution in [1.29, 1.82) is 0 Å². The van der Waals surface area contributed by atoms with Crippen LogP contribution in [0.5, 0.6) is 0 Å². The van der Waals surface area contributed by atoms with Crippen LogP contribution in [0.25, 0.3) is 0 Å². The number of rotatable bonds is 4. The molecule has 2 unspecified atom stereocenters. The second-order valence-corrected chi connectivity index (χ2v) is 7.89. The van der Waals surface area contributed by atoms with Crippen LogP contribution in [0.3, 0.4) is 0 Å². The molecule has 0 heterocycles. The number of hydrogen-bond donors (Lipinski definition) is 0. The van der Waals surface area contributed by atoms with Crippen LogP contribution in [0, 0.1) is 0 Å². The number of carbonyl (C=O) groups is 1. The lowest BCUT2D eigenvalue weighted by Gasteiger charge is -2.34. The molecule has 1 saturated carbocycles. The topological polar surface area (TPSA) is 60.4 Å². The Morgan fingerprint density at radius 3 is 2.68 bits per heavy atom. The average molecular weight is 353 g/mol. The predicted molar refractivity (Wildman–Crippen MR) is 72.4 cm³/mol. The van der Waals surface area contributed by atoms with Crippen LogP contribution in [-0.2, 0) is 19.4 Å². The number of halogens is 2. The van der Waals surface area contributed by atoms with E-state index in [4.69, 9.17) is 4.74 Å². The van der Waals surface area contributed by atoms with Gasteiger partial charge in [-0.15, -0.1) is 0 Å². The summed E-state index contributed by atoms with van der Waals surface area (Å²) >= 11 is 3.11. The highest BCUT2D eigenvalue weighted by atomic mass is 79.9. The van der Waals surface area contributed by atoms with Crippen LogP contribution in [0.4, 0.5) is 4.39 Å². The van der Waals surface area contributed by atoms with E-state index in [0.717, 1.165) is 6.08 Å². The Bertz CT molecular complexity index is 550. The molecule has 0 spiro atoms. The number of ether oxygens (including phenoxy) is 1. The molecule has 0 saturated heterocycles. The highest BCUT2D eigenvalue weighted by Gasteiger charge is 2.64. The van der Waals surface area contributed by atoms with E-state index in [0.29, 0.717) is 12.8 Å². The average Bonchev–Trinajstić information content (AvgIpc) is 3.13. The van der Waals surface area contributed by atoms with Gasteiger partial charge in [0.25, 0.3) is 0 Å². The molecule has 2 rings (SSSR count). The summed E-state index contributed by atoms with van der Waals surface area (Å²) in [7, 11) is -3.99. The maximum Gasteiger partial charge on any atom is 0.336 e. The second-order valence-electron chi connectivity index (χ2n) is 4.50. The van der Waals surface area contributed by atoms with E-state index in [2.05, 4.69) is 15.9 Å². The number of sulfone groups is 1. The third-order valence-electron chi connectivity index (χ3n) is 3.26. The van der Waals surface area contributed by atoms with Gasteiger partial charge in [0.15, 0.2) is 9.84 Å². The highest BCUT2D eigenvalue weighted by Crippen LogP contribution is 2.46. The number of hydrogen-bond acceptors (Lipinski definition) is 4. The minimum atomic E-state index is -3.99. The first-order valence-electron chi connectivity index (χ1n) is 5.98. The molecule has 0 aromatic heterocycles. The van der Waals surface area contributed by atoms with E-state index in [1.165, 1.54) is 12.2 Å². The molecule has 106 valence electrons. The van der Waals surface area contributed by atoms with Crippen LogP contribution in [0.15, 0.2) is 24.1 Å². The van der Waals surface area contributed by atoms with E-state index >= 15 is 0 Å². The van der Waals surface area contributed by atoms with Crippen LogP contribution in [-0.4, -0.2) is 35.8 Å². The lowest BCUT2D eigenvalue weighted by atomic mass is 9.98. The SMILES string of the molecule is CCOC(=O)C1(S(=O)(=O)C2CC2)C(F)=CC=CC1Br. The Morgan fingerprint density at radius 2 is 2.21 bits per heavy atom. The van der Waals surface area contributed by atoms with Gasteiger partial charge in [-0.2, -0.15) is 0 Å². The molecular weight excluding hydrogens is 339 g/mol. The first-order chi connectivity index (χ1) is 8.89. The van der Waals surface area contributed by atoms with Crippen LogP contribution >= 0.6 is 15.9 Å². The zero-order valence-electron chi connectivity index (χ0n) is 10.3. The molecule has 19 heavy (non-hydrogen) atoms. The Hall–Kier alpha value is -0.690. The second kappa shape index (κ2) is 5.01. The summed E-state index contributed by atoms with van der Waals surface area (Å²) < 4.78 is 42.0. The molecule has 1 fully saturated rings. The largest absolute Gasteiger partial charge is 0.464 e. The number of alkyl halides is 1. The number of carbonyl (C=O) groups excluding carboxylic acids is 1. The summed E-state index contributed by atoms with van der Waals surface area (Å²) in [4.78, 5) is 11.2. The summed E-state index contributed by atoms with van der Waals surface area (Å²) in [6.07, 6.45) is 4.75. The fourth-order valence-electron chi connectivity index (χ4n) is 2.13. The van der Waals surface area contributed by atoms with Crippen molar-refractivity contribution in [3.63, 3.8) is 0 Å². The summed E-state index contributed by atoms with van der Waals surface area (Å²) in [5, 5.41) is -0.664. The van der Waals surface area contributed by atoms with Gasteiger partial charge in [-0.25, -0.2) is 17.6 Å². The lowest BCUT2D eigenvalue weighted by molar-refractivity contribution is -0.145. The standard InChI is InChI=1S/C12H14BrFO4S/c1-2-18-11(15)12(19(16,17)8-6-7-8)9(13)4-3-5-10(12)14/h3-5,8-9H,2,6-7H2,1H3. The molecule has 0 bridgehead atoms. The van der Waals surface area contributed by atoms with Gasteiger partial charge >= 0.3 is 5.97 Å². The van der Waals surface area contributed by atoms with Gasteiger partial charge in [-0.1, -0.05) is 28.1 Å². The molecule has 0 amide bonds. The van der Waals surface area contributed by atoms with E-state index in [9.17, 15) is 17.6 Å². The molecule has 2 aliphatic carbocycles. The van der Waals surface area contributed by atoms with Gasteiger partial charge in [0, 0.05) is 0 Å². The molecular formula is C12H14BrFO4S. The first kappa shape index (κ1) is 14.7. The Kier molecular flexibility index (Phi) is 3.88. The third kappa shape index (κ3) is 2.07. The van der Waals surface area contributed by atoms with E-state index < -0.39 is 36.5 Å². The molecule has 2 aliphatic rings. The first-order valence-corrected chi connectivity index (χ1v) is 8.44. The summed E-state index contributed by atoms with van der Waals surface area (Å²) in [6.45, 7) is 1.55. The normalized spacial score (nSPS) is 30.9. The zero-order chi connectivity index (χ0) is 14.3. The molecule has 0 aromatic carbocycles. The van der Waals surface area contributed by atoms with Crippen LogP contribution in [0.2, 0.25) is 0 Å². The van der Waals surface area contributed by atoms with Crippen molar-refractivity contribution in [2.24, 2.45) is 0 Å². The lowest BCUT2D eigenvalue weighted by Crippen LogP contribution is -2.56. The molecule has 0 aliphatic heterocycles. The van der Waals surface area contributed by atoms with Gasteiger partial charge < -0.3 is 4.74 Å². The van der Waals surface area contributed by atoms with Crippen molar-refractivity contribution in [2.45, 2.75) is 34.6 Å². The summed E-state index contributed by atoms with van der Waals surface area (Å²) in [5.41, 5.74) is 0. The quantitative estimate of drug-likeness (QED) is 0.573. The maximum absolute atomic E-state index is 14.3. The summed E-state index contributed by atoms with van der Waals surface area (Å²) in [6, 6.07) is 0. The van der Waals surface area contributed by atoms with Crippen molar-refractivity contribution in [2.75, 3.05) is 6.61 Å². The van der Waals surface area contributed by atoms with Crippen molar-refractivity contribution in [3.05, 3.63) is 24.1 Å². The van der Waals surface area contributed by atoms with Crippen LogP contribution in [0.1, 0.15) is 19.8 Å². The van der Waals surface area contributed by atoms with E-state index in [-0.39, 0.29) is 6.61 Å². The highest BCUT2D eigenvalue weighted by molar-refractivity contribution is 9.09. The van der Waals surface area contributed by atoms with Gasteiger partial charge in [-0.05, 0) is 25.8 Å². The molecule has 4 nitrogen and oxygen atoms in total. The minimum Gasteiger partial charge on any atom is -0.464 e. The zero-order valence-corrected chi connectivity index (χ0v) is 12.7. The van der Waals surface area contributed by atoms with Gasteiger partial charge in [0.2, 0.25) is 4.75 Å². The smallest absolute Gasteiger partial charge is 0.336 e. The van der Waals surface area contributed by atoms with Crippen LogP contribution < -0.4 is 0 Å². The third-order valence-corrected chi connectivity index (χ3v) is 7.41. The number of allylic oxidation sites excluding steroid dienone is 3. The van der Waals surface area contributed by atoms with E-state index in [1.54, 1.807) is 6.92 Å². The van der Waals surface area contributed by atoms with Crippen molar-refractivity contribution in [1.82, 2.24) is 0 Å². The minimum absolute atomic E-state index is 0.00250. The van der Waals surface area contributed by atoms with E-state index in [1.807, 2.05) is 0 Å². The molecule has 2 atom stereocenters. The van der Waals surface area contributed by atoms with Gasteiger partial charge in [0.1, 0.15) is 5.83 Å². The summed E-state index contributed by atoms with van der Waals surface area (Å²) in [5.74, 6) is -2.04.